The lowest BCUT2D eigenvalue weighted by Gasteiger charge is -2.36. The van der Waals surface area contributed by atoms with E-state index >= 15 is 0 Å². The van der Waals surface area contributed by atoms with Crippen molar-refractivity contribution >= 4 is 27.7 Å². The summed E-state index contributed by atoms with van der Waals surface area (Å²) in [5.41, 5.74) is 1.02. The minimum absolute atomic E-state index is 0.0613. The SMILES string of the molecule is CS(=O)(=O)NC[C@@H]1CCCCN1C(=O)c1ccc2c(c1)C(=O)N(C1CCCCC1)C2=O. The molecule has 9 heteroatoms. The van der Waals surface area contributed by atoms with Crippen LogP contribution in [0.3, 0.4) is 0 Å². The summed E-state index contributed by atoms with van der Waals surface area (Å²) in [5.74, 6) is -0.811. The quantitative estimate of drug-likeness (QED) is 0.697. The largest absolute Gasteiger partial charge is 0.334 e. The van der Waals surface area contributed by atoms with E-state index in [2.05, 4.69) is 4.72 Å². The summed E-state index contributed by atoms with van der Waals surface area (Å²) >= 11 is 0. The van der Waals surface area contributed by atoms with E-state index in [9.17, 15) is 22.8 Å². The van der Waals surface area contributed by atoms with E-state index in [4.69, 9.17) is 0 Å². The first-order valence-corrected chi connectivity index (χ1v) is 12.9. The maximum absolute atomic E-state index is 13.2. The van der Waals surface area contributed by atoms with Crippen LogP contribution in [-0.4, -0.2) is 67.4 Å². The van der Waals surface area contributed by atoms with E-state index in [1.165, 1.54) is 11.0 Å². The molecule has 0 unspecified atom stereocenters. The number of sulfonamides is 1. The highest BCUT2D eigenvalue weighted by Gasteiger charge is 2.41. The fourth-order valence-corrected chi connectivity index (χ4v) is 5.45. The van der Waals surface area contributed by atoms with Crippen LogP contribution in [0, 0.1) is 0 Å². The minimum atomic E-state index is -3.35. The zero-order valence-electron chi connectivity index (χ0n) is 17.8. The van der Waals surface area contributed by atoms with Gasteiger partial charge >= 0.3 is 0 Å². The molecular formula is C22H29N3O5S. The number of carbonyl (C=O) groups is 3. The predicted octanol–water partition coefficient (Wildman–Crippen LogP) is 2.16. The number of nitrogens with zero attached hydrogens (tertiary/aromatic N) is 2. The van der Waals surface area contributed by atoms with Crippen LogP contribution in [0.15, 0.2) is 18.2 Å². The van der Waals surface area contributed by atoms with E-state index in [1.807, 2.05) is 0 Å². The summed E-state index contributed by atoms with van der Waals surface area (Å²) in [6, 6.07) is 4.43. The molecule has 8 nitrogen and oxygen atoms in total. The number of hydrogen-bond donors (Lipinski definition) is 1. The number of hydrogen-bond acceptors (Lipinski definition) is 5. The summed E-state index contributed by atoms with van der Waals surface area (Å²) in [6.45, 7) is 0.704. The molecule has 0 aromatic heterocycles. The Morgan fingerprint density at radius 3 is 2.39 bits per heavy atom. The number of nitrogens with one attached hydrogen (secondary N) is 1. The maximum Gasteiger partial charge on any atom is 0.261 e. The lowest BCUT2D eigenvalue weighted by atomic mass is 9.94. The van der Waals surface area contributed by atoms with Gasteiger partial charge in [-0.2, -0.15) is 0 Å². The van der Waals surface area contributed by atoms with Crippen molar-refractivity contribution in [2.24, 2.45) is 0 Å². The van der Waals surface area contributed by atoms with Gasteiger partial charge in [-0.3, -0.25) is 19.3 Å². The van der Waals surface area contributed by atoms with Crippen LogP contribution >= 0.6 is 0 Å². The van der Waals surface area contributed by atoms with E-state index in [0.717, 1.165) is 51.2 Å². The lowest BCUT2D eigenvalue weighted by Crippen LogP contribution is -2.49. The van der Waals surface area contributed by atoms with Gasteiger partial charge in [-0.25, -0.2) is 13.1 Å². The van der Waals surface area contributed by atoms with E-state index in [-0.39, 0.29) is 36.3 Å². The fraction of sp³-hybridized carbons (Fsp3) is 0.591. The molecule has 3 amide bonds. The molecule has 3 aliphatic rings. The van der Waals surface area contributed by atoms with Crippen molar-refractivity contribution in [3.05, 3.63) is 34.9 Å². The summed E-state index contributed by atoms with van der Waals surface area (Å²) < 4.78 is 25.5. The number of rotatable bonds is 5. The number of piperidine rings is 1. The Bertz CT molecular complexity index is 1000. The predicted molar refractivity (Wildman–Crippen MR) is 115 cm³/mol. The van der Waals surface area contributed by atoms with E-state index in [0.29, 0.717) is 29.7 Å². The van der Waals surface area contributed by atoms with Crippen LogP contribution in [-0.2, 0) is 10.0 Å². The summed E-state index contributed by atoms with van der Waals surface area (Å²) in [7, 11) is -3.35. The van der Waals surface area contributed by atoms with Crippen LogP contribution < -0.4 is 4.72 Å². The standard InChI is InChI=1S/C22H29N3O5S/c1-31(29,30)23-14-17-9-5-6-12-24(17)20(26)15-10-11-18-19(13-15)22(28)25(21(18)27)16-7-3-2-4-8-16/h10-11,13,16-17,23H,2-9,12,14H2,1H3/t17-/m0/s1. The van der Waals surface area contributed by atoms with Gasteiger partial charge in [0.2, 0.25) is 10.0 Å². The number of carbonyl (C=O) groups excluding carboxylic acids is 3. The zero-order chi connectivity index (χ0) is 22.2. The average Bonchev–Trinajstić information content (AvgIpc) is 3.01. The van der Waals surface area contributed by atoms with Gasteiger partial charge in [0.05, 0.1) is 17.4 Å². The van der Waals surface area contributed by atoms with Crippen LogP contribution in [0.25, 0.3) is 0 Å². The van der Waals surface area contributed by atoms with Crippen LogP contribution in [0.2, 0.25) is 0 Å². The molecule has 2 heterocycles. The highest BCUT2D eigenvalue weighted by Crippen LogP contribution is 2.32. The molecule has 0 bridgehead atoms. The average molecular weight is 448 g/mol. The Kier molecular flexibility index (Phi) is 6.16. The van der Waals surface area contributed by atoms with Crippen molar-refractivity contribution in [2.75, 3.05) is 19.3 Å². The number of fused-ring (bicyclic) bond motifs is 1. The van der Waals surface area contributed by atoms with Crippen LogP contribution in [0.1, 0.15) is 82.4 Å². The molecule has 0 radical (unpaired) electrons. The van der Waals surface area contributed by atoms with Gasteiger partial charge in [0, 0.05) is 30.7 Å². The Morgan fingerprint density at radius 1 is 1.00 bits per heavy atom. The molecular weight excluding hydrogens is 418 g/mol. The topological polar surface area (TPSA) is 104 Å². The number of imide groups is 1. The number of benzene rings is 1. The van der Waals surface area contributed by atoms with Crippen molar-refractivity contribution < 1.29 is 22.8 Å². The Morgan fingerprint density at radius 2 is 1.68 bits per heavy atom. The highest BCUT2D eigenvalue weighted by atomic mass is 32.2. The first-order chi connectivity index (χ1) is 14.8. The summed E-state index contributed by atoms with van der Waals surface area (Å²) in [5, 5.41) is 0. The molecule has 1 saturated heterocycles. The zero-order valence-corrected chi connectivity index (χ0v) is 18.6. The second kappa shape index (κ2) is 8.70. The number of likely N-dealkylation sites (tertiary alicyclic amines) is 1. The van der Waals surface area contributed by atoms with Gasteiger partial charge < -0.3 is 4.90 Å². The van der Waals surface area contributed by atoms with Crippen molar-refractivity contribution in [3.63, 3.8) is 0 Å². The van der Waals surface area contributed by atoms with Gasteiger partial charge in [-0.15, -0.1) is 0 Å². The van der Waals surface area contributed by atoms with Gasteiger partial charge in [0.15, 0.2) is 0 Å². The van der Waals surface area contributed by atoms with Crippen molar-refractivity contribution in [3.8, 4) is 0 Å². The second-order valence-electron chi connectivity index (χ2n) is 8.80. The molecule has 31 heavy (non-hydrogen) atoms. The Hall–Kier alpha value is -2.26. The highest BCUT2D eigenvalue weighted by molar-refractivity contribution is 7.88. The molecule has 0 spiro atoms. The van der Waals surface area contributed by atoms with Crippen molar-refractivity contribution in [1.82, 2.24) is 14.5 Å². The summed E-state index contributed by atoms with van der Waals surface area (Å²) in [4.78, 5) is 42.2. The molecule has 2 fully saturated rings. The second-order valence-corrected chi connectivity index (χ2v) is 10.6. The van der Waals surface area contributed by atoms with Gasteiger partial charge in [-0.1, -0.05) is 19.3 Å². The fourth-order valence-electron chi connectivity index (χ4n) is 4.96. The maximum atomic E-state index is 13.2. The first-order valence-electron chi connectivity index (χ1n) is 11.0. The molecule has 1 N–H and O–H groups in total. The monoisotopic (exact) mass is 447 g/mol. The number of amides is 3. The van der Waals surface area contributed by atoms with Crippen LogP contribution in [0.4, 0.5) is 0 Å². The molecule has 2 aliphatic heterocycles. The normalized spacial score (nSPS) is 22.7. The van der Waals surface area contributed by atoms with Gasteiger partial charge in [0.25, 0.3) is 17.7 Å². The molecule has 1 aromatic rings. The Labute approximate surface area is 183 Å². The molecule has 1 aromatic carbocycles. The first kappa shape index (κ1) is 22.0. The molecule has 1 saturated carbocycles. The third-order valence-corrected chi connectivity index (χ3v) is 7.26. The third kappa shape index (κ3) is 4.52. The summed E-state index contributed by atoms with van der Waals surface area (Å²) in [6.07, 6.45) is 8.41. The lowest BCUT2D eigenvalue weighted by molar-refractivity contribution is 0.0548. The van der Waals surface area contributed by atoms with E-state index in [1.54, 1.807) is 17.0 Å². The van der Waals surface area contributed by atoms with E-state index < -0.39 is 10.0 Å². The molecule has 1 atom stereocenters. The molecule has 168 valence electrons. The Balaban J connectivity index is 1.55. The van der Waals surface area contributed by atoms with Crippen molar-refractivity contribution in [1.29, 1.82) is 0 Å². The molecule has 1 aliphatic carbocycles. The molecule has 4 rings (SSSR count). The minimum Gasteiger partial charge on any atom is -0.334 e. The van der Waals surface area contributed by atoms with Gasteiger partial charge in [0.1, 0.15) is 0 Å². The van der Waals surface area contributed by atoms with Gasteiger partial charge in [-0.05, 0) is 50.3 Å². The smallest absolute Gasteiger partial charge is 0.261 e. The van der Waals surface area contributed by atoms with Crippen LogP contribution in [0.5, 0.6) is 0 Å². The van der Waals surface area contributed by atoms with Crippen molar-refractivity contribution in [2.45, 2.75) is 63.5 Å². The third-order valence-electron chi connectivity index (χ3n) is 6.57.